The summed E-state index contributed by atoms with van der Waals surface area (Å²) in [6.45, 7) is 1.88. The molecule has 0 bridgehead atoms. The van der Waals surface area contributed by atoms with Crippen LogP contribution in [0.2, 0.25) is 0 Å². The van der Waals surface area contributed by atoms with Gasteiger partial charge in [0.25, 0.3) is 5.91 Å². The normalized spacial score (nSPS) is 17.5. The zero-order valence-corrected chi connectivity index (χ0v) is 20.8. The lowest BCUT2D eigenvalue weighted by Gasteiger charge is -2.34. The largest absolute Gasteiger partial charge is 0.457 e. The summed E-state index contributed by atoms with van der Waals surface area (Å²) in [5.41, 5.74) is 3.62. The van der Waals surface area contributed by atoms with Gasteiger partial charge < -0.3 is 15.4 Å². The van der Waals surface area contributed by atoms with Crippen LogP contribution in [0.3, 0.4) is 0 Å². The number of carbonyl (C=O) groups excluding carboxylic acids is 2. The Labute approximate surface area is 212 Å². The second-order valence-corrected chi connectivity index (χ2v) is 9.48. The lowest BCUT2D eigenvalue weighted by Crippen LogP contribution is -2.35. The fraction of sp³-hybridized carbons (Fsp3) is 0.179. The summed E-state index contributed by atoms with van der Waals surface area (Å²) < 4.78 is 6.87. The van der Waals surface area contributed by atoms with Crippen LogP contribution < -0.4 is 15.4 Å². The highest BCUT2D eigenvalue weighted by Crippen LogP contribution is 2.43. The number of carbonyl (C=O) groups is 2. The van der Waals surface area contributed by atoms with E-state index in [4.69, 9.17) is 4.74 Å². The number of benzene rings is 2. The minimum Gasteiger partial charge on any atom is -0.457 e. The Kier molecular flexibility index (Phi) is 6.51. The Bertz CT molecular complexity index is 1350. The number of nitrogens with one attached hydrogen (secondary N) is 2. The molecule has 1 aliphatic carbocycles. The van der Waals surface area contributed by atoms with Crippen LogP contribution in [0.15, 0.2) is 99.9 Å². The molecule has 2 N–H and O–H groups in total. The Hall–Kier alpha value is -3.71. The van der Waals surface area contributed by atoms with Gasteiger partial charge >= 0.3 is 0 Å². The average Bonchev–Trinajstić information content (AvgIpc) is 2.85. The molecule has 1 aliphatic heterocycles. The summed E-state index contributed by atoms with van der Waals surface area (Å²) in [4.78, 5) is 31.0. The fourth-order valence-corrected chi connectivity index (χ4v) is 4.87. The Morgan fingerprint density at radius 2 is 1.86 bits per heavy atom. The van der Waals surface area contributed by atoms with E-state index >= 15 is 0 Å². The van der Waals surface area contributed by atoms with Gasteiger partial charge in [-0.25, -0.2) is 4.98 Å². The van der Waals surface area contributed by atoms with Crippen LogP contribution in [0, 0.1) is 0 Å². The van der Waals surface area contributed by atoms with E-state index in [-0.39, 0.29) is 11.7 Å². The number of rotatable bonds is 5. The van der Waals surface area contributed by atoms with E-state index in [1.165, 1.54) is 0 Å². The molecule has 0 saturated heterocycles. The molecule has 5 rings (SSSR count). The molecule has 1 amide bonds. The molecule has 35 heavy (non-hydrogen) atoms. The average molecular weight is 530 g/mol. The molecule has 0 spiro atoms. The van der Waals surface area contributed by atoms with Gasteiger partial charge in [-0.2, -0.15) is 0 Å². The highest BCUT2D eigenvalue weighted by Gasteiger charge is 2.38. The van der Waals surface area contributed by atoms with E-state index in [9.17, 15) is 9.59 Å². The maximum absolute atomic E-state index is 13.6. The van der Waals surface area contributed by atoms with E-state index in [1.54, 1.807) is 12.3 Å². The number of ketones is 1. The summed E-state index contributed by atoms with van der Waals surface area (Å²) in [6.07, 6.45) is 3.67. The topological polar surface area (TPSA) is 80.3 Å². The number of nitrogens with zero attached hydrogens (tertiary/aromatic N) is 1. The number of aromatic nitrogens is 1. The smallest absolute Gasteiger partial charge is 0.255 e. The number of Topliss-reactive ketones (excluding diaryl/α,β-unsaturated/α-hetero) is 1. The zero-order valence-electron chi connectivity index (χ0n) is 19.2. The molecule has 6 nitrogen and oxygen atoms in total. The molecule has 0 fully saturated rings. The van der Waals surface area contributed by atoms with Gasteiger partial charge in [-0.05, 0) is 77.7 Å². The molecule has 1 aromatic heterocycles. The van der Waals surface area contributed by atoms with E-state index < -0.39 is 5.92 Å². The number of ether oxygens (including phenoxy) is 1. The molecule has 176 valence electrons. The first kappa shape index (κ1) is 23.1. The highest BCUT2D eigenvalue weighted by atomic mass is 79.9. The number of allylic oxidation sites excluding steroid dienone is 3. The second kappa shape index (κ2) is 9.88. The summed E-state index contributed by atoms with van der Waals surface area (Å²) in [7, 11) is 0. The minimum absolute atomic E-state index is 0.0673. The Balaban J connectivity index is 1.55. The molecule has 0 unspecified atom stereocenters. The first-order valence-electron chi connectivity index (χ1n) is 11.5. The van der Waals surface area contributed by atoms with Crippen LogP contribution in [-0.2, 0) is 9.59 Å². The van der Waals surface area contributed by atoms with Crippen LogP contribution in [-0.4, -0.2) is 16.7 Å². The number of pyridine rings is 1. The van der Waals surface area contributed by atoms with E-state index in [2.05, 4.69) is 31.5 Å². The van der Waals surface area contributed by atoms with Crippen LogP contribution >= 0.6 is 15.9 Å². The van der Waals surface area contributed by atoms with Crippen molar-refractivity contribution in [2.45, 2.75) is 32.1 Å². The summed E-state index contributed by atoms with van der Waals surface area (Å²) in [5.74, 6) is 1.06. The number of dihydropyridines is 1. The van der Waals surface area contributed by atoms with Gasteiger partial charge in [-0.3, -0.25) is 9.59 Å². The lowest BCUT2D eigenvalue weighted by atomic mass is 9.75. The SMILES string of the molecule is CC1=C(C(=O)Nc2ccc(Br)cn2)[C@H](c2cccc(Oc3ccccc3)c2)C2=C(CCCC2=O)N1. The van der Waals surface area contributed by atoms with E-state index in [0.717, 1.165) is 40.0 Å². The number of para-hydroxylation sites is 1. The fourth-order valence-electron chi connectivity index (χ4n) is 4.63. The van der Waals surface area contributed by atoms with Crippen molar-refractivity contribution in [3.05, 3.63) is 106 Å². The van der Waals surface area contributed by atoms with Crippen LogP contribution in [0.4, 0.5) is 5.82 Å². The number of halogens is 1. The monoisotopic (exact) mass is 529 g/mol. The molecule has 2 aliphatic rings. The predicted molar refractivity (Wildman–Crippen MR) is 138 cm³/mol. The number of amides is 1. The maximum Gasteiger partial charge on any atom is 0.255 e. The third-order valence-electron chi connectivity index (χ3n) is 6.16. The van der Waals surface area contributed by atoms with Gasteiger partial charge in [0.15, 0.2) is 5.78 Å². The molecule has 7 heteroatoms. The Morgan fingerprint density at radius 1 is 1.06 bits per heavy atom. The van der Waals surface area contributed by atoms with Gasteiger partial charge in [-0.1, -0.05) is 30.3 Å². The quantitative estimate of drug-likeness (QED) is 0.408. The van der Waals surface area contributed by atoms with Crippen molar-refractivity contribution in [2.24, 2.45) is 0 Å². The molecule has 3 aromatic rings. The van der Waals surface area contributed by atoms with Crippen molar-refractivity contribution in [3.63, 3.8) is 0 Å². The third-order valence-corrected chi connectivity index (χ3v) is 6.63. The van der Waals surface area contributed by atoms with Crippen molar-refractivity contribution in [1.29, 1.82) is 0 Å². The van der Waals surface area contributed by atoms with Gasteiger partial charge in [-0.15, -0.1) is 0 Å². The van der Waals surface area contributed by atoms with Crippen LogP contribution in [0.1, 0.15) is 37.7 Å². The summed E-state index contributed by atoms with van der Waals surface area (Å²) in [6, 6.07) is 20.7. The van der Waals surface area contributed by atoms with Crippen LogP contribution in [0.5, 0.6) is 11.5 Å². The van der Waals surface area contributed by atoms with Gasteiger partial charge in [0.2, 0.25) is 0 Å². The molecule has 1 atom stereocenters. The van der Waals surface area contributed by atoms with E-state index in [0.29, 0.717) is 29.1 Å². The zero-order chi connectivity index (χ0) is 24.4. The standard InChI is InChI=1S/C28H24BrN3O3/c1-17-25(28(34)32-24-14-13-19(29)16-30-24)26(27-22(31-17)11-6-12-23(27)33)18-7-5-10-21(15-18)35-20-8-3-2-4-9-20/h2-5,7-10,13-16,26,31H,6,11-12H2,1H3,(H,30,32,34)/t26-/m0/s1. The number of hydrogen-bond acceptors (Lipinski definition) is 5. The predicted octanol–water partition coefficient (Wildman–Crippen LogP) is 6.24. The highest BCUT2D eigenvalue weighted by molar-refractivity contribution is 9.10. The molecule has 0 radical (unpaired) electrons. The van der Waals surface area contributed by atoms with Crippen molar-refractivity contribution in [1.82, 2.24) is 10.3 Å². The molecule has 2 heterocycles. The van der Waals surface area contributed by atoms with Crippen molar-refractivity contribution in [3.8, 4) is 11.5 Å². The molecular weight excluding hydrogens is 506 g/mol. The van der Waals surface area contributed by atoms with Gasteiger partial charge in [0.05, 0.1) is 0 Å². The molecule has 2 aromatic carbocycles. The molecular formula is C28H24BrN3O3. The summed E-state index contributed by atoms with van der Waals surface area (Å²) in [5, 5.41) is 6.25. The molecule has 0 saturated carbocycles. The number of anilines is 1. The van der Waals surface area contributed by atoms with E-state index in [1.807, 2.05) is 67.6 Å². The van der Waals surface area contributed by atoms with Crippen LogP contribution in [0.25, 0.3) is 0 Å². The van der Waals surface area contributed by atoms with Gasteiger partial charge in [0, 0.05) is 45.5 Å². The first-order valence-corrected chi connectivity index (χ1v) is 12.3. The second-order valence-electron chi connectivity index (χ2n) is 8.57. The maximum atomic E-state index is 13.6. The van der Waals surface area contributed by atoms with Gasteiger partial charge in [0.1, 0.15) is 17.3 Å². The van der Waals surface area contributed by atoms with Crippen molar-refractivity contribution >= 4 is 33.4 Å². The number of hydrogen-bond donors (Lipinski definition) is 2. The Morgan fingerprint density at radius 3 is 2.63 bits per heavy atom. The van der Waals surface area contributed by atoms with Crippen molar-refractivity contribution in [2.75, 3.05) is 5.32 Å². The third kappa shape index (κ3) is 4.91. The summed E-state index contributed by atoms with van der Waals surface area (Å²) >= 11 is 3.36. The first-order chi connectivity index (χ1) is 17.0. The van der Waals surface area contributed by atoms with Crippen molar-refractivity contribution < 1.29 is 14.3 Å². The lowest BCUT2D eigenvalue weighted by molar-refractivity contribution is -0.116. The minimum atomic E-state index is -0.506.